The number of pyridine rings is 1. The Bertz CT molecular complexity index is 452. The lowest BCUT2D eigenvalue weighted by molar-refractivity contribution is -0.136. The highest BCUT2D eigenvalue weighted by atomic mass is 32.1. The number of fused-ring (bicyclic) bond motifs is 1. The second-order valence-electron chi connectivity index (χ2n) is 2.59. The van der Waals surface area contributed by atoms with E-state index in [9.17, 15) is 4.79 Å². The Morgan fingerprint density at radius 2 is 2.38 bits per heavy atom. The van der Waals surface area contributed by atoms with Gasteiger partial charge in [0.25, 0.3) is 0 Å². The summed E-state index contributed by atoms with van der Waals surface area (Å²) in [7, 11) is 0. The van der Waals surface area contributed by atoms with Gasteiger partial charge in [-0.05, 0) is 11.6 Å². The molecule has 0 atom stereocenters. The normalized spacial score (nSPS) is 10.5. The van der Waals surface area contributed by atoms with Gasteiger partial charge in [-0.1, -0.05) is 0 Å². The molecule has 2 aromatic heterocycles. The smallest absolute Gasteiger partial charge is 0.307 e. The van der Waals surface area contributed by atoms with Crippen molar-refractivity contribution in [2.75, 3.05) is 0 Å². The predicted molar refractivity (Wildman–Crippen MR) is 48.8 cm³/mol. The molecule has 0 aliphatic heterocycles. The fourth-order valence-electron chi connectivity index (χ4n) is 1.07. The summed E-state index contributed by atoms with van der Waals surface area (Å²) in [5.74, 6) is -0.842. The molecule has 66 valence electrons. The van der Waals surface area contributed by atoms with E-state index in [1.54, 1.807) is 11.7 Å². The van der Waals surface area contributed by atoms with Crippen LogP contribution in [-0.4, -0.2) is 21.0 Å². The molecule has 0 radical (unpaired) electrons. The van der Waals surface area contributed by atoms with Gasteiger partial charge < -0.3 is 5.11 Å². The van der Waals surface area contributed by atoms with E-state index < -0.39 is 5.97 Å². The minimum Gasteiger partial charge on any atom is -0.481 e. The SMILES string of the molecule is O=C(O)Cc1cnc2ncsc2c1. The topological polar surface area (TPSA) is 63.1 Å². The molecular weight excluding hydrogens is 188 g/mol. The molecule has 0 spiro atoms. The Balaban J connectivity index is 2.42. The van der Waals surface area contributed by atoms with Gasteiger partial charge in [0.05, 0.1) is 16.6 Å². The highest BCUT2D eigenvalue weighted by Gasteiger charge is 2.03. The molecule has 5 heteroatoms. The third-order valence-electron chi connectivity index (χ3n) is 1.60. The number of aromatic nitrogens is 2. The maximum atomic E-state index is 10.4. The van der Waals surface area contributed by atoms with Crippen LogP contribution in [0.25, 0.3) is 10.3 Å². The zero-order chi connectivity index (χ0) is 9.26. The summed E-state index contributed by atoms with van der Waals surface area (Å²) < 4.78 is 0.929. The van der Waals surface area contributed by atoms with Gasteiger partial charge in [0.15, 0.2) is 5.65 Å². The summed E-state index contributed by atoms with van der Waals surface area (Å²) in [6.45, 7) is 0. The lowest BCUT2D eigenvalue weighted by Gasteiger charge is -1.94. The van der Waals surface area contributed by atoms with Crippen molar-refractivity contribution < 1.29 is 9.90 Å². The molecule has 0 aliphatic rings. The van der Waals surface area contributed by atoms with Gasteiger partial charge in [0, 0.05) is 6.20 Å². The lowest BCUT2D eigenvalue weighted by atomic mass is 10.2. The van der Waals surface area contributed by atoms with E-state index in [4.69, 9.17) is 5.11 Å². The van der Waals surface area contributed by atoms with Crippen molar-refractivity contribution >= 4 is 27.7 Å². The molecule has 1 N–H and O–H groups in total. The van der Waals surface area contributed by atoms with Crippen LogP contribution < -0.4 is 0 Å². The van der Waals surface area contributed by atoms with Gasteiger partial charge in [0.2, 0.25) is 0 Å². The van der Waals surface area contributed by atoms with Crippen molar-refractivity contribution in [3.8, 4) is 0 Å². The molecular formula is C8H6N2O2S. The zero-order valence-electron chi connectivity index (χ0n) is 6.60. The number of rotatable bonds is 2. The Labute approximate surface area is 77.9 Å². The molecule has 2 aromatic rings. The highest BCUT2D eigenvalue weighted by molar-refractivity contribution is 7.16. The first-order valence-electron chi connectivity index (χ1n) is 3.65. The average molecular weight is 194 g/mol. The minimum absolute atomic E-state index is 0.0147. The molecule has 0 amide bonds. The zero-order valence-corrected chi connectivity index (χ0v) is 7.41. The first-order chi connectivity index (χ1) is 6.25. The van der Waals surface area contributed by atoms with Crippen molar-refractivity contribution in [2.24, 2.45) is 0 Å². The molecule has 0 aromatic carbocycles. The van der Waals surface area contributed by atoms with E-state index in [1.807, 2.05) is 6.07 Å². The van der Waals surface area contributed by atoms with Crippen molar-refractivity contribution in [3.63, 3.8) is 0 Å². The van der Waals surface area contributed by atoms with Crippen molar-refractivity contribution in [1.29, 1.82) is 0 Å². The second-order valence-corrected chi connectivity index (χ2v) is 3.47. The lowest BCUT2D eigenvalue weighted by Crippen LogP contribution is -1.99. The fourth-order valence-corrected chi connectivity index (χ4v) is 1.76. The summed E-state index contributed by atoms with van der Waals surface area (Å²) in [5.41, 5.74) is 3.09. The molecule has 2 rings (SSSR count). The molecule has 0 saturated carbocycles. The van der Waals surface area contributed by atoms with E-state index in [1.165, 1.54) is 11.3 Å². The van der Waals surface area contributed by atoms with Gasteiger partial charge >= 0.3 is 5.97 Å². The standard InChI is InChI=1S/C8H6N2O2S/c11-7(12)2-5-1-6-8(9-3-5)10-4-13-6/h1,3-4H,2H2,(H,11,12). The Hall–Kier alpha value is -1.49. The summed E-state index contributed by atoms with van der Waals surface area (Å²) in [6, 6.07) is 1.81. The maximum absolute atomic E-state index is 10.4. The van der Waals surface area contributed by atoms with Crippen LogP contribution in [0.3, 0.4) is 0 Å². The summed E-state index contributed by atoms with van der Waals surface area (Å²) in [4.78, 5) is 18.4. The average Bonchev–Trinajstić information content (AvgIpc) is 2.49. The first-order valence-corrected chi connectivity index (χ1v) is 4.53. The number of carboxylic acid groups (broad SMARTS) is 1. The van der Waals surface area contributed by atoms with E-state index in [0.29, 0.717) is 11.2 Å². The summed E-state index contributed by atoms with van der Waals surface area (Å²) >= 11 is 1.46. The molecule has 2 heterocycles. The molecule has 0 bridgehead atoms. The summed E-state index contributed by atoms with van der Waals surface area (Å²) in [5, 5.41) is 8.55. The van der Waals surface area contributed by atoms with E-state index in [-0.39, 0.29) is 6.42 Å². The number of aliphatic carboxylic acids is 1. The number of carbonyl (C=O) groups is 1. The maximum Gasteiger partial charge on any atom is 0.307 e. The van der Waals surface area contributed by atoms with Gasteiger partial charge in [0.1, 0.15) is 0 Å². The quantitative estimate of drug-likeness (QED) is 0.783. The second kappa shape index (κ2) is 3.10. The Morgan fingerprint density at radius 3 is 3.15 bits per heavy atom. The molecule has 4 nitrogen and oxygen atoms in total. The van der Waals surface area contributed by atoms with Crippen molar-refractivity contribution in [1.82, 2.24) is 9.97 Å². The van der Waals surface area contributed by atoms with E-state index in [2.05, 4.69) is 9.97 Å². The number of nitrogens with zero attached hydrogens (tertiary/aromatic N) is 2. The van der Waals surface area contributed by atoms with Gasteiger partial charge in [-0.3, -0.25) is 4.79 Å². The van der Waals surface area contributed by atoms with Crippen LogP contribution in [0, 0.1) is 0 Å². The number of thiazole rings is 1. The first kappa shape index (κ1) is 8.12. The van der Waals surface area contributed by atoms with Gasteiger partial charge in [-0.2, -0.15) is 0 Å². The Kier molecular flexibility index (Phi) is 1.94. The number of hydrogen-bond donors (Lipinski definition) is 1. The molecule has 0 aliphatic carbocycles. The van der Waals surface area contributed by atoms with Crippen LogP contribution >= 0.6 is 11.3 Å². The minimum atomic E-state index is -0.842. The van der Waals surface area contributed by atoms with Crippen LogP contribution in [0.5, 0.6) is 0 Å². The summed E-state index contributed by atoms with van der Waals surface area (Å²) in [6.07, 6.45) is 1.57. The van der Waals surface area contributed by atoms with Gasteiger partial charge in [-0.25, -0.2) is 9.97 Å². The fraction of sp³-hybridized carbons (Fsp3) is 0.125. The number of hydrogen-bond acceptors (Lipinski definition) is 4. The van der Waals surface area contributed by atoms with Crippen LogP contribution in [0.2, 0.25) is 0 Å². The molecule has 0 saturated heterocycles. The third-order valence-corrected chi connectivity index (χ3v) is 2.36. The van der Waals surface area contributed by atoms with Crippen LogP contribution in [0.15, 0.2) is 17.8 Å². The monoisotopic (exact) mass is 194 g/mol. The highest BCUT2D eigenvalue weighted by Crippen LogP contribution is 2.16. The van der Waals surface area contributed by atoms with Crippen molar-refractivity contribution in [2.45, 2.75) is 6.42 Å². The van der Waals surface area contributed by atoms with Crippen molar-refractivity contribution in [3.05, 3.63) is 23.3 Å². The molecule has 13 heavy (non-hydrogen) atoms. The number of carboxylic acids is 1. The molecule has 0 unspecified atom stereocenters. The Morgan fingerprint density at radius 1 is 1.54 bits per heavy atom. The van der Waals surface area contributed by atoms with Crippen LogP contribution in [0.1, 0.15) is 5.56 Å². The largest absolute Gasteiger partial charge is 0.481 e. The van der Waals surface area contributed by atoms with Crippen LogP contribution in [0.4, 0.5) is 0 Å². The van der Waals surface area contributed by atoms with Crippen LogP contribution in [-0.2, 0) is 11.2 Å². The van der Waals surface area contributed by atoms with E-state index >= 15 is 0 Å². The predicted octanol–water partition coefficient (Wildman–Crippen LogP) is 1.32. The van der Waals surface area contributed by atoms with E-state index in [0.717, 1.165) is 4.70 Å². The molecule has 0 fully saturated rings. The van der Waals surface area contributed by atoms with Gasteiger partial charge in [-0.15, -0.1) is 11.3 Å². The third kappa shape index (κ3) is 1.65.